The summed E-state index contributed by atoms with van der Waals surface area (Å²) in [7, 11) is 3.85. The molecule has 1 aromatic heterocycles. The van der Waals surface area contributed by atoms with Crippen LogP contribution in [0.1, 0.15) is 18.0 Å². The first kappa shape index (κ1) is 12.1. The molecule has 18 heavy (non-hydrogen) atoms. The molecule has 0 saturated carbocycles. The summed E-state index contributed by atoms with van der Waals surface area (Å²) in [5, 5.41) is 4.70. The van der Waals surface area contributed by atoms with Crippen LogP contribution in [0.2, 0.25) is 0 Å². The van der Waals surface area contributed by atoms with E-state index in [1.807, 2.05) is 6.07 Å². The molecular formula is C14H17BrN2O. The van der Waals surface area contributed by atoms with Gasteiger partial charge >= 0.3 is 0 Å². The Bertz CT molecular complexity index is 585. The summed E-state index contributed by atoms with van der Waals surface area (Å²) in [6, 6.07) is 6.25. The van der Waals surface area contributed by atoms with Crippen LogP contribution in [0, 0.1) is 0 Å². The molecule has 1 aromatic carbocycles. The van der Waals surface area contributed by atoms with E-state index in [4.69, 9.17) is 4.74 Å². The molecule has 1 aliphatic rings. The number of benzene rings is 1. The van der Waals surface area contributed by atoms with Gasteiger partial charge in [0.1, 0.15) is 5.75 Å². The lowest BCUT2D eigenvalue weighted by atomic mass is 10.0. The predicted molar refractivity (Wildman–Crippen MR) is 77.4 cm³/mol. The van der Waals surface area contributed by atoms with E-state index in [0.717, 1.165) is 18.8 Å². The topological polar surface area (TPSA) is 26.2 Å². The Labute approximate surface area is 115 Å². The van der Waals surface area contributed by atoms with Crippen LogP contribution in [0.5, 0.6) is 5.75 Å². The average molecular weight is 309 g/mol. The number of hydrogen-bond acceptors (Lipinski definition) is 2. The van der Waals surface area contributed by atoms with Gasteiger partial charge in [0.05, 0.1) is 12.6 Å². The van der Waals surface area contributed by atoms with Gasteiger partial charge in [0.25, 0.3) is 0 Å². The fraction of sp³-hybridized carbons (Fsp3) is 0.429. The minimum Gasteiger partial charge on any atom is -0.497 e. The monoisotopic (exact) mass is 308 g/mol. The van der Waals surface area contributed by atoms with Crippen LogP contribution in [-0.2, 0) is 7.05 Å². The molecule has 1 saturated heterocycles. The number of rotatable bonds is 2. The van der Waals surface area contributed by atoms with Gasteiger partial charge in [0.2, 0.25) is 0 Å². The SMILES string of the molecule is COc1ccc2c(Br)c(C3CCNC3)n(C)c2c1. The fourth-order valence-electron chi connectivity index (χ4n) is 2.86. The van der Waals surface area contributed by atoms with Crippen molar-refractivity contribution in [1.29, 1.82) is 0 Å². The summed E-state index contributed by atoms with van der Waals surface area (Å²) in [5.74, 6) is 1.51. The Balaban J connectivity index is 2.20. The third kappa shape index (κ3) is 1.75. The zero-order valence-electron chi connectivity index (χ0n) is 10.7. The molecule has 1 fully saturated rings. The molecule has 4 heteroatoms. The molecule has 0 radical (unpaired) electrons. The van der Waals surface area contributed by atoms with Crippen LogP contribution < -0.4 is 10.1 Å². The van der Waals surface area contributed by atoms with Crippen LogP contribution in [0.15, 0.2) is 22.7 Å². The standard InChI is InChI=1S/C14H17BrN2O/c1-17-12-7-10(18-2)3-4-11(12)13(15)14(17)9-5-6-16-8-9/h3-4,7,9,16H,5-6,8H2,1-2H3. The Morgan fingerprint density at radius 1 is 1.44 bits per heavy atom. The van der Waals surface area contributed by atoms with Crippen molar-refractivity contribution in [2.45, 2.75) is 12.3 Å². The lowest BCUT2D eigenvalue weighted by molar-refractivity contribution is 0.415. The van der Waals surface area contributed by atoms with Gasteiger partial charge in [-0.3, -0.25) is 0 Å². The molecular weight excluding hydrogens is 292 g/mol. The molecule has 1 atom stereocenters. The molecule has 0 bridgehead atoms. The Morgan fingerprint density at radius 3 is 2.94 bits per heavy atom. The van der Waals surface area contributed by atoms with Crippen molar-refractivity contribution < 1.29 is 4.74 Å². The fourth-order valence-corrected chi connectivity index (χ4v) is 3.78. The predicted octanol–water partition coefficient (Wildman–Crippen LogP) is 3.03. The smallest absolute Gasteiger partial charge is 0.120 e. The van der Waals surface area contributed by atoms with E-state index >= 15 is 0 Å². The van der Waals surface area contributed by atoms with E-state index in [0.29, 0.717) is 5.92 Å². The van der Waals surface area contributed by atoms with Crippen molar-refractivity contribution in [1.82, 2.24) is 9.88 Å². The summed E-state index contributed by atoms with van der Waals surface area (Å²) in [6.45, 7) is 2.18. The highest BCUT2D eigenvalue weighted by Gasteiger charge is 2.24. The Hall–Kier alpha value is -1.00. The Morgan fingerprint density at radius 2 is 2.28 bits per heavy atom. The summed E-state index contributed by atoms with van der Waals surface area (Å²) in [5.41, 5.74) is 2.62. The minimum atomic E-state index is 0.600. The van der Waals surface area contributed by atoms with Gasteiger partial charge in [0.15, 0.2) is 0 Å². The largest absolute Gasteiger partial charge is 0.497 e. The second kappa shape index (κ2) is 4.59. The van der Waals surface area contributed by atoms with E-state index in [1.54, 1.807) is 7.11 Å². The quantitative estimate of drug-likeness (QED) is 0.923. The molecule has 3 rings (SSSR count). The number of methoxy groups -OCH3 is 1. The lowest BCUT2D eigenvalue weighted by Gasteiger charge is -2.11. The number of ether oxygens (including phenoxy) is 1. The highest BCUT2D eigenvalue weighted by molar-refractivity contribution is 9.10. The van der Waals surface area contributed by atoms with E-state index in [-0.39, 0.29) is 0 Å². The van der Waals surface area contributed by atoms with Crippen LogP contribution in [0.4, 0.5) is 0 Å². The third-order valence-electron chi connectivity index (χ3n) is 3.84. The van der Waals surface area contributed by atoms with Crippen LogP contribution in [0.3, 0.4) is 0 Å². The zero-order chi connectivity index (χ0) is 12.7. The maximum atomic E-state index is 5.31. The third-order valence-corrected chi connectivity index (χ3v) is 4.67. The van der Waals surface area contributed by atoms with Crippen molar-refractivity contribution in [2.75, 3.05) is 20.2 Å². The van der Waals surface area contributed by atoms with Crippen LogP contribution in [0.25, 0.3) is 10.9 Å². The van der Waals surface area contributed by atoms with Crippen molar-refractivity contribution in [3.63, 3.8) is 0 Å². The molecule has 96 valence electrons. The van der Waals surface area contributed by atoms with Crippen LogP contribution in [-0.4, -0.2) is 24.8 Å². The number of nitrogens with one attached hydrogen (secondary N) is 1. The van der Waals surface area contributed by atoms with E-state index in [9.17, 15) is 0 Å². The molecule has 2 aromatic rings. The molecule has 1 aliphatic heterocycles. The molecule has 0 amide bonds. The highest BCUT2D eigenvalue weighted by atomic mass is 79.9. The molecule has 1 N–H and O–H groups in total. The van der Waals surface area contributed by atoms with Crippen molar-refractivity contribution in [3.8, 4) is 5.75 Å². The first-order valence-corrected chi connectivity index (χ1v) is 7.04. The summed E-state index contributed by atoms with van der Waals surface area (Å²) >= 11 is 3.77. The normalized spacial score (nSPS) is 19.6. The van der Waals surface area contributed by atoms with Gasteiger partial charge in [-0.05, 0) is 41.0 Å². The number of aromatic nitrogens is 1. The molecule has 2 heterocycles. The number of halogens is 1. The molecule has 1 unspecified atom stereocenters. The van der Waals surface area contributed by atoms with E-state index < -0.39 is 0 Å². The Kier molecular flexibility index (Phi) is 3.08. The molecule has 3 nitrogen and oxygen atoms in total. The number of aryl methyl sites for hydroxylation is 1. The van der Waals surface area contributed by atoms with Gasteiger partial charge < -0.3 is 14.6 Å². The summed E-state index contributed by atoms with van der Waals surface area (Å²) < 4.78 is 8.83. The zero-order valence-corrected chi connectivity index (χ0v) is 12.3. The van der Waals surface area contributed by atoms with Gasteiger partial charge in [-0.15, -0.1) is 0 Å². The van der Waals surface area contributed by atoms with Crippen molar-refractivity contribution in [2.24, 2.45) is 7.05 Å². The van der Waals surface area contributed by atoms with E-state index in [1.165, 1.54) is 27.5 Å². The summed E-state index contributed by atoms with van der Waals surface area (Å²) in [4.78, 5) is 0. The maximum Gasteiger partial charge on any atom is 0.120 e. The minimum absolute atomic E-state index is 0.600. The lowest BCUT2D eigenvalue weighted by Crippen LogP contribution is -2.10. The number of fused-ring (bicyclic) bond motifs is 1. The average Bonchev–Trinajstić information content (AvgIpc) is 2.98. The van der Waals surface area contributed by atoms with Crippen molar-refractivity contribution in [3.05, 3.63) is 28.4 Å². The summed E-state index contributed by atoms with van der Waals surface area (Å²) in [6.07, 6.45) is 1.21. The van der Waals surface area contributed by atoms with Gasteiger partial charge in [-0.25, -0.2) is 0 Å². The number of hydrogen-bond donors (Lipinski definition) is 1. The van der Waals surface area contributed by atoms with Crippen molar-refractivity contribution >= 4 is 26.8 Å². The van der Waals surface area contributed by atoms with Gasteiger partial charge in [0, 0.05) is 41.1 Å². The molecule has 0 aliphatic carbocycles. The number of nitrogens with zero attached hydrogens (tertiary/aromatic N) is 1. The first-order valence-electron chi connectivity index (χ1n) is 6.25. The second-order valence-electron chi connectivity index (χ2n) is 4.83. The highest BCUT2D eigenvalue weighted by Crippen LogP contribution is 2.38. The second-order valence-corrected chi connectivity index (χ2v) is 5.62. The maximum absolute atomic E-state index is 5.31. The molecule has 0 spiro atoms. The first-order chi connectivity index (χ1) is 8.72. The van der Waals surface area contributed by atoms with Crippen LogP contribution >= 0.6 is 15.9 Å². The van der Waals surface area contributed by atoms with Gasteiger partial charge in [-0.1, -0.05) is 0 Å². The van der Waals surface area contributed by atoms with Gasteiger partial charge in [-0.2, -0.15) is 0 Å². The van der Waals surface area contributed by atoms with E-state index in [2.05, 4.69) is 45.0 Å².